The molecule has 5 rings (SSSR count). The Hall–Kier alpha value is -2.74. The summed E-state index contributed by atoms with van der Waals surface area (Å²) < 4.78 is 0. The van der Waals surface area contributed by atoms with Gasteiger partial charge in [-0.15, -0.1) is 11.3 Å². The number of anilines is 1. The van der Waals surface area contributed by atoms with Crippen molar-refractivity contribution < 1.29 is 9.59 Å². The van der Waals surface area contributed by atoms with E-state index in [0.717, 1.165) is 29.9 Å². The van der Waals surface area contributed by atoms with Gasteiger partial charge in [0.25, 0.3) is 5.91 Å². The van der Waals surface area contributed by atoms with Crippen molar-refractivity contribution in [2.45, 2.75) is 12.5 Å². The van der Waals surface area contributed by atoms with E-state index in [0.29, 0.717) is 36.1 Å². The molecule has 0 N–H and O–H groups in total. The second-order valence-corrected chi connectivity index (χ2v) is 9.42. The van der Waals surface area contributed by atoms with Gasteiger partial charge in [-0.2, -0.15) is 0 Å². The smallest absolute Gasteiger partial charge is 0.282 e. The molecule has 1 unspecified atom stereocenters. The van der Waals surface area contributed by atoms with Crippen molar-refractivity contribution in [3.8, 4) is 11.1 Å². The molecule has 2 aromatic carbocycles. The predicted molar refractivity (Wildman–Crippen MR) is 127 cm³/mol. The van der Waals surface area contributed by atoms with Gasteiger partial charge in [0.2, 0.25) is 5.91 Å². The van der Waals surface area contributed by atoms with Gasteiger partial charge in [-0.3, -0.25) is 14.5 Å². The number of nitrogens with zero attached hydrogens (tertiary/aromatic N) is 4. The standard InChI is InChI=1S/C24H23ClN4O2S/c25-19-6-4-17(5-7-19)18-2-1-3-20(14-18)29-16-21(15-22(29)30)27-9-11-28(12-10-27)24(31)23-26-8-13-32-23/h1-8,13-14,21H,9-12,15-16H2. The quantitative estimate of drug-likeness (QED) is 0.582. The summed E-state index contributed by atoms with van der Waals surface area (Å²) in [5.41, 5.74) is 3.05. The van der Waals surface area contributed by atoms with E-state index in [2.05, 4.69) is 16.0 Å². The number of rotatable bonds is 4. The number of benzene rings is 2. The number of hydrogen-bond acceptors (Lipinski definition) is 5. The maximum atomic E-state index is 12.9. The Bertz CT molecular complexity index is 1110. The fourth-order valence-corrected chi connectivity index (χ4v) is 5.16. The van der Waals surface area contributed by atoms with Gasteiger partial charge >= 0.3 is 0 Å². The Morgan fingerprint density at radius 1 is 1.03 bits per heavy atom. The third-order valence-electron chi connectivity index (χ3n) is 6.17. The van der Waals surface area contributed by atoms with Crippen molar-refractivity contribution in [2.24, 2.45) is 0 Å². The topological polar surface area (TPSA) is 56.8 Å². The summed E-state index contributed by atoms with van der Waals surface area (Å²) in [4.78, 5) is 35.6. The van der Waals surface area contributed by atoms with E-state index in [1.165, 1.54) is 11.3 Å². The molecule has 1 aromatic heterocycles. The van der Waals surface area contributed by atoms with E-state index < -0.39 is 0 Å². The average molecular weight is 467 g/mol. The van der Waals surface area contributed by atoms with Crippen molar-refractivity contribution >= 4 is 40.4 Å². The third-order valence-corrected chi connectivity index (χ3v) is 7.19. The minimum absolute atomic E-state index is 0.00258. The molecule has 3 aromatic rings. The number of hydrogen-bond donors (Lipinski definition) is 0. The van der Waals surface area contributed by atoms with Crippen LogP contribution in [-0.2, 0) is 4.79 Å². The molecule has 2 fully saturated rings. The van der Waals surface area contributed by atoms with Gasteiger partial charge < -0.3 is 9.80 Å². The van der Waals surface area contributed by atoms with Crippen LogP contribution in [0.3, 0.4) is 0 Å². The van der Waals surface area contributed by atoms with E-state index >= 15 is 0 Å². The highest BCUT2D eigenvalue weighted by molar-refractivity contribution is 7.11. The molecule has 1 atom stereocenters. The van der Waals surface area contributed by atoms with Gasteiger partial charge in [0, 0.05) is 67.5 Å². The first-order chi connectivity index (χ1) is 15.6. The number of halogens is 1. The molecule has 8 heteroatoms. The Kier molecular flexibility index (Phi) is 5.95. The summed E-state index contributed by atoms with van der Waals surface area (Å²) in [6, 6.07) is 16.0. The fourth-order valence-electron chi connectivity index (χ4n) is 4.43. The van der Waals surface area contributed by atoms with E-state index in [-0.39, 0.29) is 17.9 Å². The van der Waals surface area contributed by atoms with Crippen LogP contribution in [0, 0.1) is 0 Å². The van der Waals surface area contributed by atoms with Gasteiger partial charge in [0.1, 0.15) is 0 Å². The van der Waals surface area contributed by atoms with Crippen LogP contribution in [0.2, 0.25) is 5.02 Å². The number of carbonyl (C=O) groups is 2. The molecule has 3 heterocycles. The van der Waals surface area contributed by atoms with Crippen LogP contribution in [0.4, 0.5) is 5.69 Å². The van der Waals surface area contributed by atoms with Gasteiger partial charge in [0.05, 0.1) is 0 Å². The molecule has 0 bridgehead atoms. The lowest BCUT2D eigenvalue weighted by Crippen LogP contribution is -2.52. The van der Waals surface area contributed by atoms with Crippen LogP contribution in [0.15, 0.2) is 60.1 Å². The summed E-state index contributed by atoms with van der Waals surface area (Å²) in [6.07, 6.45) is 2.17. The zero-order valence-electron chi connectivity index (χ0n) is 17.5. The molecule has 0 saturated carbocycles. The van der Waals surface area contributed by atoms with E-state index in [4.69, 9.17) is 11.6 Å². The summed E-state index contributed by atoms with van der Waals surface area (Å²) in [6.45, 7) is 3.54. The molecule has 0 spiro atoms. The van der Waals surface area contributed by atoms with Gasteiger partial charge in [-0.05, 0) is 35.4 Å². The van der Waals surface area contributed by atoms with Crippen LogP contribution in [-0.4, -0.2) is 65.4 Å². The maximum absolute atomic E-state index is 12.9. The first kappa shape index (κ1) is 21.1. The van der Waals surface area contributed by atoms with Crippen LogP contribution in [0.1, 0.15) is 16.2 Å². The van der Waals surface area contributed by atoms with Crippen molar-refractivity contribution in [3.05, 3.63) is 70.1 Å². The lowest BCUT2D eigenvalue weighted by Gasteiger charge is -2.37. The molecule has 164 valence electrons. The number of piperazine rings is 1. The Morgan fingerprint density at radius 3 is 2.53 bits per heavy atom. The first-order valence-corrected chi connectivity index (χ1v) is 11.9. The predicted octanol–water partition coefficient (Wildman–Crippen LogP) is 4.03. The minimum atomic E-state index is 0.00258. The van der Waals surface area contributed by atoms with Gasteiger partial charge in [-0.25, -0.2) is 4.98 Å². The zero-order chi connectivity index (χ0) is 22.1. The molecule has 2 saturated heterocycles. The SMILES string of the molecule is O=C(c1nccs1)N1CCN(C2CC(=O)N(c3cccc(-c4ccc(Cl)cc4)c3)C2)CC1. The number of carbonyl (C=O) groups excluding carboxylic acids is 2. The normalized spacial score (nSPS) is 19.5. The monoisotopic (exact) mass is 466 g/mol. The van der Waals surface area contributed by atoms with Crippen molar-refractivity contribution in [1.82, 2.24) is 14.8 Å². The highest BCUT2D eigenvalue weighted by atomic mass is 35.5. The maximum Gasteiger partial charge on any atom is 0.282 e. The second-order valence-electron chi connectivity index (χ2n) is 8.08. The van der Waals surface area contributed by atoms with Crippen molar-refractivity contribution in [1.29, 1.82) is 0 Å². The van der Waals surface area contributed by atoms with Crippen LogP contribution in [0.25, 0.3) is 11.1 Å². The third kappa shape index (κ3) is 4.28. The van der Waals surface area contributed by atoms with Crippen LogP contribution < -0.4 is 4.90 Å². The minimum Gasteiger partial charge on any atom is -0.334 e. The molecular formula is C24H23ClN4O2S. The molecule has 32 heavy (non-hydrogen) atoms. The fraction of sp³-hybridized carbons (Fsp3) is 0.292. The number of aromatic nitrogens is 1. The summed E-state index contributed by atoms with van der Waals surface area (Å²) in [5, 5.41) is 3.07. The second kappa shape index (κ2) is 9.02. The highest BCUT2D eigenvalue weighted by Crippen LogP contribution is 2.30. The lowest BCUT2D eigenvalue weighted by atomic mass is 10.1. The molecule has 2 aliphatic heterocycles. The molecule has 0 aliphatic carbocycles. The van der Waals surface area contributed by atoms with Crippen molar-refractivity contribution in [2.75, 3.05) is 37.6 Å². The van der Waals surface area contributed by atoms with Crippen LogP contribution in [0.5, 0.6) is 0 Å². The Morgan fingerprint density at radius 2 is 1.81 bits per heavy atom. The van der Waals surface area contributed by atoms with E-state index in [1.54, 1.807) is 6.20 Å². The largest absolute Gasteiger partial charge is 0.334 e. The van der Waals surface area contributed by atoms with E-state index in [1.807, 2.05) is 57.6 Å². The molecular weight excluding hydrogens is 444 g/mol. The first-order valence-electron chi connectivity index (χ1n) is 10.7. The highest BCUT2D eigenvalue weighted by Gasteiger charge is 2.36. The van der Waals surface area contributed by atoms with Crippen molar-refractivity contribution in [3.63, 3.8) is 0 Å². The molecule has 6 nitrogen and oxygen atoms in total. The summed E-state index contributed by atoms with van der Waals surface area (Å²) in [5.74, 6) is 0.146. The zero-order valence-corrected chi connectivity index (χ0v) is 19.1. The molecule has 0 radical (unpaired) electrons. The van der Waals surface area contributed by atoms with Gasteiger partial charge in [-0.1, -0.05) is 35.9 Å². The summed E-state index contributed by atoms with van der Waals surface area (Å²) >= 11 is 7.39. The Labute approximate surface area is 196 Å². The number of thiazole rings is 1. The van der Waals surface area contributed by atoms with Crippen LogP contribution >= 0.6 is 22.9 Å². The average Bonchev–Trinajstić information content (AvgIpc) is 3.50. The summed E-state index contributed by atoms with van der Waals surface area (Å²) in [7, 11) is 0. The Balaban J connectivity index is 1.24. The van der Waals surface area contributed by atoms with Gasteiger partial charge in [0.15, 0.2) is 5.01 Å². The molecule has 2 aliphatic rings. The lowest BCUT2D eigenvalue weighted by molar-refractivity contribution is -0.117. The molecule has 2 amide bonds. The van der Waals surface area contributed by atoms with E-state index in [9.17, 15) is 9.59 Å². The number of amides is 2.